The lowest BCUT2D eigenvalue weighted by molar-refractivity contribution is -0.181. The van der Waals surface area contributed by atoms with Gasteiger partial charge in [-0.15, -0.1) is 0 Å². The molecule has 0 spiro atoms. The molecule has 0 unspecified atom stereocenters. The Bertz CT molecular complexity index is 1150. The Morgan fingerprint density at radius 1 is 1.00 bits per heavy atom. The molecule has 3 rings (SSSR count). The number of carbonyl (C=O) groups is 4. The Morgan fingerprint density at radius 3 is 2.23 bits per heavy atom. The summed E-state index contributed by atoms with van der Waals surface area (Å²) in [5.41, 5.74) is -1.43. The lowest BCUT2D eigenvalue weighted by atomic mass is 9.75. The van der Waals surface area contributed by atoms with E-state index in [1.165, 1.54) is 13.8 Å². The number of fused-ring (bicyclic) bond motifs is 1. The van der Waals surface area contributed by atoms with E-state index in [2.05, 4.69) is 0 Å². The second-order valence-electron chi connectivity index (χ2n) is 11.5. The van der Waals surface area contributed by atoms with Crippen LogP contribution in [0.1, 0.15) is 71.7 Å². The molecule has 1 saturated carbocycles. The van der Waals surface area contributed by atoms with Crippen molar-refractivity contribution in [2.45, 2.75) is 85.2 Å². The molecule has 0 heterocycles. The van der Waals surface area contributed by atoms with Crippen molar-refractivity contribution in [3.05, 3.63) is 59.7 Å². The second kappa shape index (κ2) is 11.9. The monoisotopic (exact) mass is 540 g/mol. The van der Waals surface area contributed by atoms with Crippen LogP contribution in [0.2, 0.25) is 0 Å². The molecule has 0 radical (unpaired) electrons. The van der Waals surface area contributed by atoms with Crippen LogP contribution >= 0.6 is 0 Å². The van der Waals surface area contributed by atoms with Gasteiger partial charge >= 0.3 is 17.9 Å². The molecule has 7 atom stereocenters. The molecule has 39 heavy (non-hydrogen) atoms. The van der Waals surface area contributed by atoms with E-state index >= 15 is 0 Å². The largest absolute Gasteiger partial charge is 0.458 e. The number of aliphatic hydroxyl groups is 1. The maximum Gasteiger partial charge on any atom is 0.338 e. The molecular formula is C31H40O8. The van der Waals surface area contributed by atoms with E-state index in [1.54, 1.807) is 76.3 Å². The first kappa shape index (κ1) is 30.3. The number of hydrogen-bond donors (Lipinski definition) is 1. The van der Waals surface area contributed by atoms with Crippen LogP contribution in [0.15, 0.2) is 54.1 Å². The molecule has 1 aromatic carbocycles. The Morgan fingerprint density at radius 2 is 1.64 bits per heavy atom. The minimum atomic E-state index is -1.44. The molecule has 212 valence electrons. The molecule has 1 aromatic rings. The van der Waals surface area contributed by atoms with Crippen LogP contribution < -0.4 is 0 Å². The van der Waals surface area contributed by atoms with Crippen molar-refractivity contribution in [2.24, 2.45) is 23.2 Å². The van der Waals surface area contributed by atoms with E-state index in [4.69, 9.17) is 14.2 Å². The van der Waals surface area contributed by atoms with Gasteiger partial charge in [0, 0.05) is 31.6 Å². The van der Waals surface area contributed by atoms with Crippen molar-refractivity contribution in [1.82, 2.24) is 0 Å². The highest BCUT2D eigenvalue weighted by Crippen LogP contribution is 2.50. The van der Waals surface area contributed by atoms with Gasteiger partial charge in [-0.1, -0.05) is 50.3 Å². The molecule has 0 aliphatic heterocycles. The highest BCUT2D eigenvalue weighted by molar-refractivity contribution is 5.89. The molecule has 1 N–H and O–H groups in total. The van der Waals surface area contributed by atoms with E-state index in [0.29, 0.717) is 11.1 Å². The molecule has 0 amide bonds. The average Bonchev–Trinajstić information content (AvgIpc) is 3.11. The van der Waals surface area contributed by atoms with Gasteiger partial charge in [-0.25, -0.2) is 4.79 Å². The molecule has 0 saturated heterocycles. The number of allylic oxidation sites excluding steroid dienone is 1. The number of benzene rings is 1. The van der Waals surface area contributed by atoms with Crippen LogP contribution in [0.25, 0.3) is 0 Å². The Kier molecular flexibility index (Phi) is 9.21. The third-order valence-electron chi connectivity index (χ3n) is 7.87. The number of aliphatic hydroxyl groups excluding tert-OH is 1. The van der Waals surface area contributed by atoms with Gasteiger partial charge in [0.15, 0.2) is 0 Å². The van der Waals surface area contributed by atoms with Crippen molar-refractivity contribution in [2.75, 3.05) is 0 Å². The number of esters is 3. The zero-order valence-corrected chi connectivity index (χ0v) is 23.8. The highest BCUT2D eigenvalue weighted by atomic mass is 16.6. The van der Waals surface area contributed by atoms with Crippen LogP contribution in [-0.4, -0.2) is 52.7 Å². The summed E-state index contributed by atoms with van der Waals surface area (Å²) in [6.45, 7) is 11.5. The smallest absolute Gasteiger partial charge is 0.338 e. The summed E-state index contributed by atoms with van der Waals surface area (Å²) in [6, 6.07) is 8.56. The fraction of sp³-hybridized carbons (Fsp3) is 0.548. The van der Waals surface area contributed by atoms with Crippen LogP contribution in [0.4, 0.5) is 0 Å². The van der Waals surface area contributed by atoms with Crippen molar-refractivity contribution in [3.63, 3.8) is 0 Å². The normalized spacial score (nSPS) is 32.6. The molecule has 2 aliphatic carbocycles. The summed E-state index contributed by atoms with van der Waals surface area (Å²) >= 11 is 0. The van der Waals surface area contributed by atoms with Crippen LogP contribution in [0, 0.1) is 23.2 Å². The molecule has 0 aromatic heterocycles. The van der Waals surface area contributed by atoms with Gasteiger partial charge < -0.3 is 19.3 Å². The molecule has 8 nitrogen and oxygen atoms in total. The number of Topliss-reactive ketones (excluding diaryl/α,β-unsaturated/α-hetero) is 1. The van der Waals surface area contributed by atoms with Gasteiger partial charge in [-0.3, -0.25) is 14.4 Å². The predicted molar refractivity (Wildman–Crippen MR) is 144 cm³/mol. The van der Waals surface area contributed by atoms with Crippen molar-refractivity contribution in [1.29, 1.82) is 0 Å². The molecule has 1 fully saturated rings. The zero-order chi connectivity index (χ0) is 29.1. The third-order valence-corrected chi connectivity index (χ3v) is 7.87. The number of ether oxygens (including phenoxy) is 3. The van der Waals surface area contributed by atoms with Crippen LogP contribution in [0.3, 0.4) is 0 Å². The van der Waals surface area contributed by atoms with Crippen LogP contribution in [-0.2, 0) is 28.6 Å². The summed E-state index contributed by atoms with van der Waals surface area (Å²) in [4.78, 5) is 50.9. The first-order valence-electron chi connectivity index (χ1n) is 13.4. The summed E-state index contributed by atoms with van der Waals surface area (Å²) in [5, 5.41) is 11.8. The highest BCUT2D eigenvalue weighted by Gasteiger charge is 2.60. The third kappa shape index (κ3) is 6.67. The lowest BCUT2D eigenvalue weighted by Crippen LogP contribution is -2.53. The van der Waals surface area contributed by atoms with E-state index in [9.17, 15) is 24.3 Å². The van der Waals surface area contributed by atoms with E-state index in [1.807, 2.05) is 6.92 Å². The predicted octanol–water partition coefficient (Wildman–Crippen LogP) is 4.60. The summed E-state index contributed by atoms with van der Waals surface area (Å²) in [5.74, 6) is -3.40. The average molecular weight is 541 g/mol. The summed E-state index contributed by atoms with van der Waals surface area (Å²) < 4.78 is 17.6. The standard InChI is InChI=1S/C31H40O8/c1-18-13-14-30(6,7)26(34)16-25(37-21(4)32)19(2)15-24-27(38-29(36)23-11-9-8-10-12-23)20(3)17-31(24,28(18)35)39-22(5)33/h8-15,18,20,24-25,27-28,35H,16-17H2,1-7H3/t18-,20-,24+,25-,27+,28-,31-/m1/s1. The van der Waals surface area contributed by atoms with Gasteiger partial charge in [0.2, 0.25) is 0 Å². The number of hydrogen-bond acceptors (Lipinski definition) is 8. The van der Waals surface area contributed by atoms with E-state index < -0.39 is 59.1 Å². The van der Waals surface area contributed by atoms with E-state index in [0.717, 1.165) is 0 Å². The zero-order valence-electron chi connectivity index (χ0n) is 23.8. The van der Waals surface area contributed by atoms with Crippen molar-refractivity contribution >= 4 is 23.7 Å². The fourth-order valence-electron chi connectivity index (χ4n) is 5.69. The first-order chi connectivity index (χ1) is 18.2. The topological polar surface area (TPSA) is 116 Å². The minimum Gasteiger partial charge on any atom is -0.458 e. The fourth-order valence-corrected chi connectivity index (χ4v) is 5.69. The Hall–Kier alpha value is -3.26. The van der Waals surface area contributed by atoms with Gasteiger partial charge in [-0.2, -0.15) is 0 Å². The van der Waals surface area contributed by atoms with Crippen LogP contribution in [0.5, 0.6) is 0 Å². The van der Waals surface area contributed by atoms with Gasteiger partial charge in [0.25, 0.3) is 0 Å². The summed E-state index contributed by atoms with van der Waals surface area (Å²) in [6.07, 6.45) is 2.55. The SMILES string of the molecule is CC(=O)O[C@@H]1CC(=O)C(C)(C)C=C[C@@H](C)[C@@H](O)[C@@]2(OC(C)=O)C[C@@H](C)[C@H](OC(=O)c3ccccc3)[C@@H]2C=C1C. The second-order valence-corrected chi connectivity index (χ2v) is 11.5. The lowest BCUT2D eigenvalue weighted by Gasteiger charge is -2.41. The molecule has 2 aliphatic rings. The Balaban J connectivity index is 2.20. The first-order valence-corrected chi connectivity index (χ1v) is 13.4. The maximum atomic E-state index is 13.3. The number of rotatable bonds is 4. The quantitative estimate of drug-likeness (QED) is 0.335. The summed E-state index contributed by atoms with van der Waals surface area (Å²) in [7, 11) is 0. The van der Waals surface area contributed by atoms with E-state index in [-0.39, 0.29) is 24.5 Å². The number of carbonyl (C=O) groups excluding carboxylic acids is 4. The van der Waals surface area contributed by atoms with Crippen molar-refractivity contribution < 1.29 is 38.5 Å². The van der Waals surface area contributed by atoms with Gasteiger partial charge in [0.1, 0.15) is 29.7 Å². The van der Waals surface area contributed by atoms with Gasteiger partial charge in [0.05, 0.1) is 11.5 Å². The maximum absolute atomic E-state index is 13.3. The molecule has 8 heteroatoms. The minimum absolute atomic E-state index is 0.0620. The number of ketones is 1. The molecule has 0 bridgehead atoms. The molecular weight excluding hydrogens is 500 g/mol. The van der Waals surface area contributed by atoms with Crippen molar-refractivity contribution in [3.8, 4) is 0 Å². The Labute approximate surface area is 230 Å². The van der Waals surface area contributed by atoms with Gasteiger partial charge in [-0.05, 0) is 50.8 Å².